The van der Waals surface area contributed by atoms with Gasteiger partial charge in [-0.1, -0.05) is 37.6 Å². The molecule has 2 aromatic rings. The Morgan fingerprint density at radius 1 is 1.03 bits per heavy atom. The van der Waals surface area contributed by atoms with Gasteiger partial charge in [0.25, 0.3) is 5.91 Å². The minimum Gasteiger partial charge on any atom is -0.474 e. The molecule has 1 saturated carbocycles. The highest BCUT2D eigenvalue weighted by Gasteiger charge is 2.19. The van der Waals surface area contributed by atoms with E-state index in [0.29, 0.717) is 35.5 Å². The fraction of sp³-hybridized carbons (Fsp3) is 0.467. The van der Waals surface area contributed by atoms with Gasteiger partial charge in [0.2, 0.25) is 0 Å². The van der Waals surface area contributed by atoms with Gasteiger partial charge in [-0.15, -0.1) is 0 Å². The molecular formula is C30H44N6O2. The zero-order valence-electron chi connectivity index (χ0n) is 23.6. The molecule has 38 heavy (non-hydrogen) atoms. The molecule has 206 valence electrons. The summed E-state index contributed by atoms with van der Waals surface area (Å²) >= 11 is 0. The monoisotopic (exact) mass is 520 g/mol. The van der Waals surface area contributed by atoms with Gasteiger partial charge in [-0.25, -0.2) is 0 Å². The molecule has 1 aromatic carbocycles. The molecule has 0 aliphatic heterocycles. The summed E-state index contributed by atoms with van der Waals surface area (Å²) in [6, 6.07) is 11.6. The van der Waals surface area contributed by atoms with Gasteiger partial charge in [0.05, 0.1) is 17.2 Å². The molecule has 0 unspecified atom stereocenters. The Bertz CT molecular complexity index is 1080. The number of carbonyl (C=O) groups is 1. The Morgan fingerprint density at radius 2 is 1.68 bits per heavy atom. The SMILES string of the molecule is C=C(Nc1ccccc1NC(=O)c1ccc(CN(CCN(C)C)C(=C)NC2CCCC2)cn1)OC(C)(C)C. The number of pyridine rings is 1. The van der Waals surface area contributed by atoms with Crippen LogP contribution in [0.25, 0.3) is 0 Å². The van der Waals surface area contributed by atoms with Gasteiger partial charge in [-0.05, 0) is 78.0 Å². The van der Waals surface area contributed by atoms with E-state index in [1.165, 1.54) is 25.7 Å². The summed E-state index contributed by atoms with van der Waals surface area (Å²) in [5.74, 6) is 1.07. The molecule has 3 rings (SSSR count). The van der Waals surface area contributed by atoms with E-state index < -0.39 is 0 Å². The lowest BCUT2D eigenvalue weighted by Crippen LogP contribution is -2.38. The van der Waals surface area contributed by atoms with E-state index in [9.17, 15) is 4.79 Å². The fourth-order valence-electron chi connectivity index (χ4n) is 4.33. The number of carbonyl (C=O) groups excluding carboxylic acids is 1. The van der Waals surface area contributed by atoms with Crippen LogP contribution in [0.15, 0.2) is 67.5 Å². The van der Waals surface area contributed by atoms with Crippen LogP contribution in [0.5, 0.6) is 0 Å². The molecule has 1 aliphatic carbocycles. The second kappa shape index (κ2) is 13.3. The molecule has 0 bridgehead atoms. The average molecular weight is 521 g/mol. The summed E-state index contributed by atoms with van der Waals surface area (Å²) < 4.78 is 5.77. The molecular weight excluding hydrogens is 476 g/mol. The average Bonchev–Trinajstić information content (AvgIpc) is 3.35. The Kier molecular flexibility index (Phi) is 10.2. The van der Waals surface area contributed by atoms with Crippen LogP contribution in [-0.4, -0.2) is 59.5 Å². The van der Waals surface area contributed by atoms with Crippen molar-refractivity contribution >= 4 is 17.3 Å². The summed E-state index contributed by atoms with van der Waals surface area (Å²) in [5.41, 5.74) is 2.29. The summed E-state index contributed by atoms with van der Waals surface area (Å²) in [5, 5.41) is 9.70. The predicted molar refractivity (Wildman–Crippen MR) is 156 cm³/mol. The fourth-order valence-corrected chi connectivity index (χ4v) is 4.33. The van der Waals surface area contributed by atoms with Crippen LogP contribution in [0.3, 0.4) is 0 Å². The Hall–Kier alpha value is -3.52. The highest BCUT2D eigenvalue weighted by molar-refractivity contribution is 6.04. The minimum atomic E-state index is -0.380. The van der Waals surface area contributed by atoms with Crippen LogP contribution in [0, 0.1) is 0 Å². The van der Waals surface area contributed by atoms with Crippen LogP contribution in [0.1, 0.15) is 62.5 Å². The van der Waals surface area contributed by atoms with Gasteiger partial charge < -0.3 is 30.5 Å². The molecule has 1 heterocycles. The van der Waals surface area contributed by atoms with Crippen molar-refractivity contribution < 1.29 is 9.53 Å². The van der Waals surface area contributed by atoms with Gasteiger partial charge in [-0.2, -0.15) is 0 Å². The zero-order chi connectivity index (χ0) is 27.7. The molecule has 1 fully saturated rings. The summed E-state index contributed by atoms with van der Waals surface area (Å²) in [7, 11) is 4.14. The molecule has 0 spiro atoms. The van der Waals surface area contributed by atoms with Gasteiger partial charge >= 0.3 is 0 Å². The third kappa shape index (κ3) is 9.41. The highest BCUT2D eigenvalue weighted by atomic mass is 16.5. The van der Waals surface area contributed by atoms with Gasteiger partial charge in [0.15, 0.2) is 5.88 Å². The van der Waals surface area contributed by atoms with Crippen LogP contribution in [-0.2, 0) is 11.3 Å². The molecule has 0 saturated heterocycles. The van der Waals surface area contributed by atoms with Crippen molar-refractivity contribution in [1.29, 1.82) is 0 Å². The molecule has 8 heteroatoms. The Morgan fingerprint density at radius 3 is 2.26 bits per heavy atom. The number of nitrogens with zero attached hydrogens (tertiary/aromatic N) is 3. The summed E-state index contributed by atoms with van der Waals surface area (Å²) in [6.45, 7) is 16.5. The van der Waals surface area contributed by atoms with Gasteiger partial charge in [-0.3, -0.25) is 9.78 Å². The molecule has 1 aliphatic rings. The van der Waals surface area contributed by atoms with Crippen molar-refractivity contribution in [2.75, 3.05) is 37.8 Å². The van der Waals surface area contributed by atoms with E-state index >= 15 is 0 Å². The Labute approximate surface area is 228 Å². The normalized spacial score (nSPS) is 13.7. The van der Waals surface area contributed by atoms with Crippen molar-refractivity contribution in [3.63, 3.8) is 0 Å². The lowest BCUT2D eigenvalue weighted by molar-refractivity contribution is 0.0565. The highest BCUT2D eigenvalue weighted by Crippen LogP contribution is 2.25. The molecule has 3 N–H and O–H groups in total. The molecule has 0 radical (unpaired) electrons. The van der Waals surface area contributed by atoms with E-state index in [-0.39, 0.29) is 11.5 Å². The quantitative estimate of drug-likeness (QED) is 0.305. The maximum Gasteiger partial charge on any atom is 0.274 e. The number of hydrogen-bond donors (Lipinski definition) is 3. The molecule has 1 amide bonds. The number of rotatable bonds is 13. The summed E-state index contributed by atoms with van der Waals surface area (Å²) in [4.78, 5) is 21.9. The van der Waals surface area contributed by atoms with E-state index in [2.05, 4.69) is 58.0 Å². The first-order chi connectivity index (χ1) is 18.0. The van der Waals surface area contributed by atoms with E-state index in [1.54, 1.807) is 12.3 Å². The van der Waals surface area contributed by atoms with E-state index in [1.807, 2.05) is 51.1 Å². The zero-order valence-corrected chi connectivity index (χ0v) is 23.6. The number of hydrogen-bond acceptors (Lipinski definition) is 7. The standard InChI is InChI=1S/C30H44N6O2/c1-22(32-25-12-8-9-13-25)36(19-18-35(6)7)21-24-16-17-28(31-20-24)29(37)34-27-15-11-10-14-26(27)33-23(2)38-30(3,4)5/h10-11,14-17,20,25,32-33H,1-2,8-9,12-13,18-19,21H2,3-7H3,(H,34,37). The molecule has 8 nitrogen and oxygen atoms in total. The van der Waals surface area contributed by atoms with E-state index in [0.717, 1.165) is 24.5 Å². The molecule has 0 atom stereocenters. The van der Waals surface area contributed by atoms with Crippen LogP contribution >= 0.6 is 0 Å². The van der Waals surface area contributed by atoms with Crippen LogP contribution in [0.4, 0.5) is 11.4 Å². The summed E-state index contributed by atoms with van der Waals surface area (Å²) in [6.07, 6.45) is 6.71. The van der Waals surface area contributed by atoms with Crippen LogP contribution in [0.2, 0.25) is 0 Å². The number of nitrogens with one attached hydrogen (secondary N) is 3. The van der Waals surface area contributed by atoms with Crippen molar-refractivity contribution in [2.45, 2.75) is 64.6 Å². The molecule has 1 aromatic heterocycles. The number of likely N-dealkylation sites (N-methyl/N-ethyl adjacent to an activating group) is 1. The largest absolute Gasteiger partial charge is 0.474 e. The number of benzene rings is 1. The number of aromatic nitrogens is 1. The number of para-hydroxylation sites is 2. The second-order valence-electron chi connectivity index (χ2n) is 11.1. The second-order valence-corrected chi connectivity index (χ2v) is 11.1. The third-order valence-electron chi connectivity index (χ3n) is 6.23. The number of amides is 1. The van der Waals surface area contributed by atoms with Crippen molar-refractivity contribution in [3.8, 4) is 0 Å². The van der Waals surface area contributed by atoms with Crippen molar-refractivity contribution in [2.24, 2.45) is 0 Å². The lowest BCUT2D eigenvalue weighted by Gasteiger charge is -2.30. The maximum absolute atomic E-state index is 13.0. The smallest absolute Gasteiger partial charge is 0.274 e. The van der Waals surface area contributed by atoms with Crippen molar-refractivity contribution in [1.82, 2.24) is 20.1 Å². The first kappa shape index (κ1) is 29.0. The van der Waals surface area contributed by atoms with Crippen molar-refractivity contribution in [3.05, 3.63) is 78.7 Å². The topological polar surface area (TPSA) is 81.8 Å². The Balaban J connectivity index is 1.64. The van der Waals surface area contributed by atoms with E-state index in [4.69, 9.17) is 4.74 Å². The predicted octanol–water partition coefficient (Wildman–Crippen LogP) is 5.40. The third-order valence-corrected chi connectivity index (χ3v) is 6.23. The first-order valence-corrected chi connectivity index (χ1v) is 13.4. The van der Waals surface area contributed by atoms with Crippen LogP contribution < -0.4 is 16.0 Å². The minimum absolute atomic E-state index is 0.287. The van der Waals surface area contributed by atoms with Gasteiger partial charge in [0.1, 0.15) is 11.3 Å². The first-order valence-electron chi connectivity index (χ1n) is 13.4. The van der Waals surface area contributed by atoms with Gasteiger partial charge in [0, 0.05) is 31.9 Å². The number of ether oxygens (including phenoxy) is 1. The maximum atomic E-state index is 13.0. The number of anilines is 2. The lowest BCUT2D eigenvalue weighted by atomic mass is 10.2.